The smallest absolute Gasteiger partial charge is 0.267 e. The van der Waals surface area contributed by atoms with Crippen LogP contribution in [0.2, 0.25) is 0 Å². The summed E-state index contributed by atoms with van der Waals surface area (Å²) in [6, 6.07) is 13.7. The van der Waals surface area contributed by atoms with E-state index in [0.29, 0.717) is 21.4 Å². The Kier molecular flexibility index (Phi) is 4.57. The summed E-state index contributed by atoms with van der Waals surface area (Å²) in [5.74, 6) is -0.534. The molecule has 0 fully saturated rings. The van der Waals surface area contributed by atoms with Gasteiger partial charge in [0.05, 0.1) is 5.69 Å². The van der Waals surface area contributed by atoms with E-state index in [0.717, 1.165) is 11.3 Å². The summed E-state index contributed by atoms with van der Waals surface area (Å²) in [4.78, 5) is 17.3. The fourth-order valence-corrected chi connectivity index (χ4v) is 3.14. The van der Waals surface area contributed by atoms with Gasteiger partial charge in [-0.3, -0.25) is 4.79 Å². The molecule has 1 amide bonds. The molecular formula is C18H16FN3OS. The van der Waals surface area contributed by atoms with Gasteiger partial charge in [-0.2, -0.15) is 0 Å². The molecule has 0 aliphatic carbocycles. The first-order chi connectivity index (χ1) is 11.5. The first-order valence-electron chi connectivity index (χ1n) is 7.39. The molecule has 1 aromatic heterocycles. The molecule has 0 unspecified atom stereocenters. The molecule has 6 heteroatoms. The highest BCUT2D eigenvalue weighted by atomic mass is 32.1. The lowest BCUT2D eigenvalue weighted by molar-refractivity contribution is 0.103. The van der Waals surface area contributed by atoms with Crippen LogP contribution in [-0.2, 0) is 0 Å². The molecule has 0 spiro atoms. The second-order valence-corrected chi connectivity index (χ2v) is 6.39. The fraction of sp³-hybridized carbons (Fsp3) is 0.111. The fourth-order valence-electron chi connectivity index (χ4n) is 2.26. The molecule has 0 saturated carbocycles. The predicted octanol–water partition coefficient (Wildman–Crippen LogP) is 4.89. The molecule has 0 atom stereocenters. The van der Waals surface area contributed by atoms with Gasteiger partial charge >= 0.3 is 0 Å². The lowest BCUT2D eigenvalue weighted by Crippen LogP contribution is -2.11. The average Bonchev–Trinajstić information content (AvgIpc) is 2.88. The third-order valence-electron chi connectivity index (χ3n) is 3.35. The number of hydrogen-bond donors (Lipinski definition) is 2. The maximum atomic E-state index is 13.2. The van der Waals surface area contributed by atoms with Crippen LogP contribution in [0.4, 0.5) is 20.9 Å². The minimum absolute atomic E-state index is 0.206. The summed E-state index contributed by atoms with van der Waals surface area (Å²) >= 11 is 1.24. The van der Waals surface area contributed by atoms with Crippen molar-refractivity contribution in [1.29, 1.82) is 0 Å². The number of carbonyl (C=O) groups excluding carboxylic acids is 1. The Morgan fingerprint density at radius 2 is 1.83 bits per heavy atom. The second kappa shape index (κ2) is 6.80. The average molecular weight is 341 g/mol. The molecule has 0 aliphatic heterocycles. The number of nitrogens with one attached hydrogen (secondary N) is 2. The number of thiazole rings is 1. The van der Waals surface area contributed by atoms with Crippen LogP contribution in [0, 0.1) is 19.7 Å². The summed E-state index contributed by atoms with van der Waals surface area (Å²) < 4.78 is 13.2. The highest BCUT2D eigenvalue weighted by Gasteiger charge is 2.16. The van der Waals surface area contributed by atoms with Crippen LogP contribution in [0.3, 0.4) is 0 Å². The first kappa shape index (κ1) is 16.1. The van der Waals surface area contributed by atoms with Gasteiger partial charge in [-0.1, -0.05) is 29.5 Å². The van der Waals surface area contributed by atoms with Crippen molar-refractivity contribution < 1.29 is 9.18 Å². The number of amides is 1. The Hall–Kier alpha value is -2.73. The van der Waals surface area contributed by atoms with E-state index in [2.05, 4.69) is 15.6 Å². The summed E-state index contributed by atoms with van der Waals surface area (Å²) in [7, 11) is 0. The topological polar surface area (TPSA) is 54.0 Å². The van der Waals surface area contributed by atoms with Gasteiger partial charge < -0.3 is 10.6 Å². The molecule has 0 radical (unpaired) electrons. The third kappa shape index (κ3) is 3.78. The van der Waals surface area contributed by atoms with Gasteiger partial charge in [-0.25, -0.2) is 9.37 Å². The number of nitrogens with zero attached hydrogens (tertiary/aromatic N) is 1. The van der Waals surface area contributed by atoms with Gasteiger partial charge in [-0.15, -0.1) is 0 Å². The van der Waals surface area contributed by atoms with Crippen molar-refractivity contribution in [2.45, 2.75) is 13.8 Å². The molecular weight excluding hydrogens is 325 g/mol. The van der Waals surface area contributed by atoms with Crippen LogP contribution in [0.1, 0.15) is 20.9 Å². The zero-order valence-corrected chi connectivity index (χ0v) is 14.1. The molecule has 24 heavy (non-hydrogen) atoms. The minimum Gasteiger partial charge on any atom is -0.331 e. The van der Waals surface area contributed by atoms with Gasteiger partial charge in [0, 0.05) is 11.4 Å². The Morgan fingerprint density at radius 3 is 2.58 bits per heavy atom. The number of anilines is 3. The number of halogens is 1. The third-order valence-corrected chi connectivity index (χ3v) is 4.43. The van der Waals surface area contributed by atoms with Crippen molar-refractivity contribution in [3.63, 3.8) is 0 Å². The lowest BCUT2D eigenvalue weighted by atomic mass is 10.2. The molecule has 122 valence electrons. The van der Waals surface area contributed by atoms with Crippen molar-refractivity contribution in [2.24, 2.45) is 0 Å². The molecule has 2 N–H and O–H groups in total. The standard InChI is InChI=1S/C18H16FN3OS/c1-11-5-3-7-14(9-11)21-17(23)16-12(2)20-18(24-16)22-15-8-4-6-13(19)10-15/h3-10H,1-2H3,(H,20,22)(H,21,23). The number of rotatable bonds is 4. The van der Waals surface area contributed by atoms with E-state index in [1.165, 1.54) is 23.5 Å². The van der Waals surface area contributed by atoms with Crippen molar-refractivity contribution in [2.75, 3.05) is 10.6 Å². The zero-order valence-electron chi connectivity index (χ0n) is 13.3. The van der Waals surface area contributed by atoms with E-state index >= 15 is 0 Å². The van der Waals surface area contributed by atoms with Crippen molar-refractivity contribution >= 4 is 33.8 Å². The molecule has 3 aromatic rings. The highest BCUT2D eigenvalue weighted by molar-refractivity contribution is 7.17. The molecule has 0 saturated heterocycles. The number of benzene rings is 2. The number of carbonyl (C=O) groups is 1. The molecule has 1 heterocycles. The van der Waals surface area contributed by atoms with Crippen LogP contribution in [-0.4, -0.2) is 10.9 Å². The predicted molar refractivity (Wildman–Crippen MR) is 95.7 cm³/mol. The Morgan fingerprint density at radius 1 is 1.08 bits per heavy atom. The molecule has 0 aliphatic rings. The van der Waals surface area contributed by atoms with E-state index in [1.807, 2.05) is 31.2 Å². The molecule has 3 rings (SSSR count). The Labute approximate surface area is 143 Å². The maximum Gasteiger partial charge on any atom is 0.267 e. The lowest BCUT2D eigenvalue weighted by Gasteiger charge is -2.04. The maximum absolute atomic E-state index is 13.2. The van der Waals surface area contributed by atoms with Crippen molar-refractivity contribution in [3.8, 4) is 0 Å². The monoisotopic (exact) mass is 341 g/mol. The number of hydrogen-bond acceptors (Lipinski definition) is 4. The summed E-state index contributed by atoms with van der Waals surface area (Å²) in [5, 5.41) is 6.44. The van der Waals surface area contributed by atoms with Crippen LogP contribution >= 0.6 is 11.3 Å². The van der Waals surface area contributed by atoms with E-state index in [-0.39, 0.29) is 11.7 Å². The highest BCUT2D eigenvalue weighted by Crippen LogP contribution is 2.27. The molecule has 2 aromatic carbocycles. The Bertz CT molecular complexity index is 891. The normalized spacial score (nSPS) is 10.5. The SMILES string of the molecule is Cc1cccc(NC(=O)c2sc(Nc3cccc(F)c3)nc2C)c1. The van der Waals surface area contributed by atoms with Gasteiger partial charge in [0.15, 0.2) is 5.13 Å². The number of aryl methyl sites for hydroxylation is 2. The zero-order chi connectivity index (χ0) is 17.1. The van der Waals surface area contributed by atoms with E-state index in [4.69, 9.17) is 0 Å². The number of aromatic nitrogens is 1. The van der Waals surface area contributed by atoms with Crippen LogP contribution < -0.4 is 10.6 Å². The largest absolute Gasteiger partial charge is 0.331 e. The molecule has 4 nitrogen and oxygen atoms in total. The second-order valence-electron chi connectivity index (χ2n) is 5.39. The van der Waals surface area contributed by atoms with Gasteiger partial charge in [0.1, 0.15) is 10.7 Å². The van der Waals surface area contributed by atoms with E-state index < -0.39 is 0 Å². The van der Waals surface area contributed by atoms with Crippen molar-refractivity contribution in [3.05, 3.63) is 70.5 Å². The van der Waals surface area contributed by atoms with Crippen LogP contribution in [0.15, 0.2) is 48.5 Å². The quantitative estimate of drug-likeness (QED) is 0.710. The van der Waals surface area contributed by atoms with Gasteiger partial charge in [-0.05, 0) is 49.7 Å². The van der Waals surface area contributed by atoms with Gasteiger partial charge in [0.25, 0.3) is 5.91 Å². The van der Waals surface area contributed by atoms with Crippen LogP contribution in [0.25, 0.3) is 0 Å². The summed E-state index contributed by atoms with van der Waals surface area (Å²) in [6.45, 7) is 3.74. The Balaban J connectivity index is 1.77. The minimum atomic E-state index is -0.328. The van der Waals surface area contributed by atoms with E-state index in [9.17, 15) is 9.18 Å². The van der Waals surface area contributed by atoms with Gasteiger partial charge in [0.2, 0.25) is 0 Å². The summed E-state index contributed by atoms with van der Waals surface area (Å²) in [5.41, 5.74) is 3.04. The van der Waals surface area contributed by atoms with Crippen LogP contribution in [0.5, 0.6) is 0 Å². The summed E-state index contributed by atoms with van der Waals surface area (Å²) in [6.07, 6.45) is 0. The van der Waals surface area contributed by atoms with E-state index in [1.54, 1.807) is 19.1 Å². The van der Waals surface area contributed by atoms with Crippen molar-refractivity contribution in [1.82, 2.24) is 4.98 Å². The molecule has 0 bridgehead atoms. The first-order valence-corrected chi connectivity index (χ1v) is 8.21.